The summed E-state index contributed by atoms with van der Waals surface area (Å²) in [6.07, 6.45) is 0. The normalized spacial score (nSPS) is 11.9. The lowest BCUT2D eigenvalue weighted by atomic mass is 10.3. The van der Waals surface area contributed by atoms with Crippen LogP contribution in [0.1, 0.15) is 5.01 Å². The van der Waals surface area contributed by atoms with Gasteiger partial charge in [0.2, 0.25) is 0 Å². The van der Waals surface area contributed by atoms with Gasteiger partial charge in [-0.2, -0.15) is 0 Å². The summed E-state index contributed by atoms with van der Waals surface area (Å²) in [6.45, 7) is 0. The van der Waals surface area contributed by atoms with Gasteiger partial charge in [-0.15, -0.1) is 11.3 Å². The van der Waals surface area contributed by atoms with Crippen LogP contribution in [-0.4, -0.2) is 13.4 Å². The van der Waals surface area contributed by atoms with E-state index in [9.17, 15) is 17.2 Å². The molecule has 3 aromatic rings. The van der Waals surface area contributed by atoms with Gasteiger partial charge >= 0.3 is 0 Å². The molecule has 0 fully saturated rings. The Morgan fingerprint density at radius 1 is 1.10 bits per heavy atom. The zero-order valence-electron chi connectivity index (χ0n) is 10.6. The molecule has 0 aliphatic carbocycles. The van der Waals surface area contributed by atoms with Crippen LogP contribution in [0.4, 0.5) is 8.78 Å². The van der Waals surface area contributed by atoms with E-state index in [1.165, 1.54) is 11.3 Å². The highest BCUT2D eigenvalue weighted by molar-refractivity contribution is 7.90. The van der Waals surface area contributed by atoms with Crippen molar-refractivity contribution in [3.63, 3.8) is 0 Å². The lowest BCUT2D eigenvalue weighted by molar-refractivity contribution is 0.552. The van der Waals surface area contributed by atoms with Gasteiger partial charge in [-0.05, 0) is 30.3 Å². The maximum atomic E-state index is 13.6. The Morgan fingerprint density at radius 2 is 1.86 bits per heavy atom. The highest BCUT2D eigenvalue weighted by Gasteiger charge is 2.22. The molecule has 0 aliphatic rings. The van der Waals surface area contributed by atoms with Gasteiger partial charge in [0, 0.05) is 0 Å². The van der Waals surface area contributed by atoms with E-state index in [1.807, 2.05) is 12.1 Å². The number of rotatable bonds is 3. The molecule has 21 heavy (non-hydrogen) atoms. The zero-order chi connectivity index (χ0) is 15.0. The van der Waals surface area contributed by atoms with Crippen LogP contribution in [0.5, 0.6) is 0 Å². The van der Waals surface area contributed by atoms with Crippen molar-refractivity contribution in [1.82, 2.24) is 4.98 Å². The van der Waals surface area contributed by atoms with E-state index >= 15 is 0 Å². The Bertz CT molecular complexity index is 887. The van der Waals surface area contributed by atoms with Gasteiger partial charge in [0.15, 0.2) is 9.84 Å². The average Bonchev–Trinajstić information content (AvgIpc) is 2.82. The second kappa shape index (κ2) is 5.16. The minimum absolute atomic E-state index is 0.347. The summed E-state index contributed by atoms with van der Waals surface area (Å²) in [4.78, 5) is 3.56. The lowest BCUT2D eigenvalue weighted by Gasteiger charge is -2.03. The second-order valence-corrected chi connectivity index (χ2v) is 7.48. The Labute approximate surface area is 123 Å². The number of sulfone groups is 1. The van der Waals surface area contributed by atoms with Gasteiger partial charge in [-0.3, -0.25) is 0 Å². The summed E-state index contributed by atoms with van der Waals surface area (Å²) >= 11 is 1.22. The van der Waals surface area contributed by atoms with Crippen molar-refractivity contribution >= 4 is 31.4 Å². The van der Waals surface area contributed by atoms with Crippen molar-refractivity contribution in [2.45, 2.75) is 10.6 Å². The molecule has 0 spiro atoms. The second-order valence-electron chi connectivity index (χ2n) is 4.41. The van der Waals surface area contributed by atoms with E-state index < -0.39 is 32.1 Å². The summed E-state index contributed by atoms with van der Waals surface area (Å²) in [5, 5.41) is 0.347. The van der Waals surface area contributed by atoms with Crippen LogP contribution >= 0.6 is 11.3 Å². The van der Waals surface area contributed by atoms with Gasteiger partial charge < -0.3 is 0 Å². The van der Waals surface area contributed by atoms with Gasteiger partial charge in [0.1, 0.15) is 27.3 Å². The molecule has 7 heteroatoms. The molecule has 0 unspecified atom stereocenters. The quantitative estimate of drug-likeness (QED) is 0.740. The molecule has 1 aromatic heterocycles. The maximum absolute atomic E-state index is 13.6. The van der Waals surface area contributed by atoms with Crippen molar-refractivity contribution in [3.8, 4) is 0 Å². The third-order valence-electron chi connectivity index (χ3n) is 2.88. The van der Waals surface area contributed by atoms with Crippen LogP contribution in [0.25, 0.3) is 10.2 Å². The van der Waals surface area contributed by atoms with E-state index in [-0.39, 0.29) is 0 Å². The number of benzene rings is 2. The molecule has 2 aromatic carbocycles. The van der Waals surface area contributed by atoms with Gasteiger partial charge in [0.05, 0.1) is 10.2 Å². The first-order valence-corrected chi connectivity index (χ1v) is 8.45. The fourth-order valence-electron chi connectivity index (χ4n) is 1.94. The van der Waals surface area contributed by atoms with E-state index in [0.717, 1.165) is 16.8 Å². The first-order chi connectivity index (χ1) is 9.95. The molecule has 0 radical (unpaired) electrons. The number of halogens is 2. The number of para-hydroxylation sites is 1. The third kappa shape index (κ3) is 2.79. The molecule has 3 rings (SSSR count). The Hall–Kier alpha value is -1.86. The van der Waals surface area contributed by atoms with Gasteiger partial charge in [0.25, 0.3) is 0 Å². The van der Waals surface area contributed by atoms with E-state index in [2.05, 4.69) is 4.98 Å². The molecule has 1 heterocycles. The Kier molecular flexibility index (Phi) is 3.46. The maximum Gasteiger partial charge on any atom is 0.187 e. The molecule has 0 atom stereocenters. The summed E-state index contributed by atoms with van der Waals surface area (Å²) in [7, 11) is -3.98. The Morgan fingerprint density at radius 3 is 2.62 bits per heavy atom. The molecule has 0 saturated carbocycles. The minimum atomic E-state index is -3.98. The molecular formula is C14H9F2NO2S2. The predicted molar refractivity (Wildman–Crippen MR) is 76.9 cm³/mol. The predicted octanol–water partition coefficient (Wildman–Crippen LogP) is 3.55. The van der Waals surface area contributed by atoms with E-state index in [1.54, 1.807) is 12.1 Å². The first kappa shape index (κ1) is 14.1. The van der Waals surface area contributed by atoms with Crippen molar-refractivity contribution < 1.29 is 17.2 Å². The zero-order valence-corrected chi connectivity index (χ0v) is 12.2. The van der Waals surface area contributed by atoms with E-state index in [4.69, 9.17) is 0 Å². The molecule has 0 bridgehead atoms. The summed E-state index contributed by atoms with van der Waals surface area (Å²) in [5.41, 5.74) is 0.687. The van der Waals surface area contributed by atoms with Crippen LogP contribution in [0, 0.1) is 11.6 Å². The van der Waals surface area contributed by atoms with E-state index in [0.29, 0.717) is 16.6 Å². The van der Waals surface area contributed by atoms with Crippen LogP contribution in [0.3, 0.4) is 0 Å². The van der Waals surface area contributed by atoms with Crippen molar-refractivity contribution in [2.24, 2.45) is 0 Å². The fourth-order valence-corrected chi connectivity index (χ4v) is 4.60. The molecule has 0 aliphatic heterocycles. The largest absolute Gasteiger partial charge is 0.240 e. The molecule has 0 amide bonds. The fraction of sp³-hybridized carbons (Fsp3) is 0.0714. The SMILES string of the molecule is O=S(=O)(Cc1nc2ccccc2s1)c1cc(F)ccc1F. The summed E-state index contributed by atoms with van der Waals surface area (Å²) in [5.74, 6) is -2.20. The summed E-state index contributed by atoms with van der Waals surface area (Å²) < 4.78 is 52.0. The number of thiazole rings is 1. The highest BCUT2D eigenvalue weighted by Crippen LogP contribution is 2.26. The number of fused-ring (bicyclic) bond motifs is 1. The standard InChI is InChI=1S/C14H9F2NO2S2/c15-9-5-6-10(16)13(7-9)21(18,19)8-14-17-11-3-1-2-4-12(11)20-14/h1-7H,8H2. The highest BCUT2D eigenvalue weighted by atomic mass is 32.2. The molecule has 3 nitrogen and oxygen atoms in total. The third-order valence-corrected chi connectivity index (χ3v) is 5.74. The van der Waals surface area contributed by atoms with Crippen LogP contribution in [0.2, 0.25) is 0 Å². The van der Waals surface area contributed by atoms with Crippen LogP contribution < -0.4 is 0 Å². The first-order valence-electron chi connectivity index (χ1n) is 5.98. The number of hydrogen-bond acceptors (Lipinski definition) is 4. The minimum Gasteiger partial charge on any atom is -0.240 e. The Balaban J connectivity index is 2.01. The average molecular weight is 325 g/mol. The van der Waals surface area contributed by atoms with Crippen LogP contribution in [-0.2, 0) is 15.6 Å². The van der Waals surface area contributed by atoms with Crippen molar-refractivity contribution in [3.05, 3.63) is 59.1 Å². The number of aromatic nitrogens is 1. The summed E-state index contributed by atoms with van der Waals surface area (Å²) in [6, 6.07) is 9.60. The van der Waals surface area contributed by atoms with Crippen LogP contribution in [0.15, 0.2) is 47.4 Å². The smallest absolute Gasteiger partial charge is 0.187 e. The topological polar surface area (TPSA) is 47.0 Å². The number of nitrogens with zero attached hydrogens (tertiary/aromatic N) is 1. The van der Waals surface area contributed by atoms with Gasteiger partial charge in [-0.1, -0.05) is 12.1 Å². The lowest BCUT2D eigenvalue weighted by Crippen LogP contribution is -2.07. The number of hydrogen-bond donors (Lipinski definition) is 0. The van der Waals surface area contributed by atoms with Gasteiger partial charge in [-0.25, -0.2) is 22.2 Å². The molecular weight excluding hydrogens is 316 g/mol. The van der Waals surface area contributed by atoms with Crippen molar-refractivity contribution in [1.29, 1.82) is 0 Å². The molecule has 0 saturated heterocycles. The monoisotopic (exact) mass is 325 g/mol. The molecule has 0 N–H and O–H groups in total. The van der Waals surface area contributed by atoms with Crippen molar-refractivity contribution in [2.75, 3.05) is 0 Å². The molecule has 108 valence electrons.